The lowest BCUT2D eigenvalue weighted by Gasteiger charge is -2.31. The summed E-state index contributed by atoms with van der Waals surface area (Å²) in [7, 11) is 0. The van der Waals surface area contributed by atoms with Gasteiger partial charge in [0.1, 0.15) is 10.0 Å². The van der Waals surface area contributed by atoms with Crippen molar-refractivity contribution in [1.29, 1.82) is 0 Å². The van der Waals surface area contributed by atoms with Crippen molar-refractivity contribution in [2.75, 3.05) is 18.4 Å². The topological polar surface area (TPSA) is 94.6 Å². The Bertz CT molecular complexity index is 1190. The number of aromatic nitrogens is 1. The SMILES string of the molecule is CC[C@H](C)NCCC(=O)Nc1sc2c(c1-c1nc3cc(Br)ccc3s1)CCN(C(=O)O)[C@@H]2C. The zero-order valence-electron chi connectivity index (χ0n) is 18.8. The van der Waals surface area contributed by atoms with Crippen LogP contribution in [-0.4, -0.2) is 46.1 Å². The highest BCUT2D eigenvalue weighted by Gasteiger charge is 2.34. The number of thiazole rings is 1. The maximum Gasteiger partial charge on any atom is 0.407 e. The fraction of sp³-hybridized carbons (Fsp3) is 0.435. The van der Waals surface area contributed by atoms with Gasteiger partial charge >= 0.3 is 6.09 Å². The van der Waals surface area contributed by atoms with Crippen LogP contribution < -0.4 is 10.6 Å². The minimum atomic E-state index is -0.922. The van der Waals surface area contributed by atoms with Crippen LogP contribution in [0.15, 0.2) is 22.7 Å². The molecule has 176 valence electrons. The molecule has 4 rings (SSSR count). The fourth-order valence-corrected chi connectivity index (χ4v) is 6.75. The smallest absolute Gasteiger partial charge is 0.407 e. The number of benzene rings is 1. The Balaban J connectivity index is 1.69. The van der Waals surface area contributed by atoms with Crippen LogP contribution in [0, 0.1) is 0 Å². The molecular weight excluding hydrogens is 524 g/mol. The number of amides is 2. The molecule has 0 unspecified atom stereocenters. The molecule has 3 heterocycles. The molecule has 7 nitrogen and oxygen atoms in total. The van der Waals surface area contributed by atoms with Crippen LogP contribution in [0.3, 0.4) is 0 Å². The van der Waals surface area contributed by atoms with E-state index in [1.54, 1.807) is 11.3 Å². The number of halogens is 1. The molecule has 2 aromatic heterocycles. The lowest BCUT2D eigenvalue weighted by molar-refractivity contribution is -0.116. The summed E-state index contributed by atoms with van der Waals surface area (Å²) in [5, 5.41) is 17.7. The minimum Gasteiger partial charge on any atom is -0.465 e. The molecule has 0 fully saturated rings. The summed E-state index contributed by atoms with van der Waals surface area (Å²) < 4.78 is 2.03. The van der Waals surface area contributed by atoms with Gasteiger partial charge in [0, 0.05) is 40.5 Å². The third-order valence-electron chi connectivity index (χ3n) is 6.01. The lowest BCUT2D eigenvalue weighted by Crippen LogP contribution is -2.37. The summed E-state index contributed by atoms with van der Waals surface area (Å²) in [6.45, 7) is 7.15. The summed E-state index contributed by atoms with van der Waals surface area (Å²) in [6, 6.07) is 6.12. The van der Waals surface area contributed by atoms with Gasteiger partial charge in [0.05, 0.1) is 16.3 Å². The van der Waals surface area contributed by atoms with Gasteiger partial charge in [-0.2, -0.15) is 0 Å². The van der Waals surface area contributed by atoms with Crippen molar-refractivity contribution in [3.05, 3.63) is 33.1 Å². The van der Waals surface area contributed by atoms with Crippen LogP contribution in [0.4, 0.5) is 9.80 Å². The van der Waals surface area contributed by atoms with Crippen molar-refractivity contribution in [1.82, 2.24) is 15.2 Å². The summed E-state index contributed by atoms with van der Waals surface area (Å²) in [5.74, 6) is -0.0581. The Morgan fingerprint density at radius 1 is 1.36 bits per heavy atom. The second-order valence-corrected chi connectivity index (χ2v) is 11.2. The average molecular weight is 552 g/mol. The normalized spacial score (nSPS) is 16.6. The van der Waals surface area contributed by atoms with E-state index in [1.807, 2.05) is 25.1 Å². The van der Waals surface area contributed by atoms with Crippen molar-refractivity contribution in [3.8, 4) is 10.6 Å². The number of thiophene rings is 1. The molecule has 0 saturated carbocycles. The molecule has 1 aliphatic heterocycles. The average Bonchev–Trinajstić information content (AvgIpc) is 3.34. The van der Waals surface area contributed by atoms with E-state index >= 15 is 0 Å². The van der Waals surface area contributed by atoms with Gasteiger partial charge in [0.15, 0.2) is 0 Å². The fourth-order valence-electron chi connectivity index (χ4n) is 3.98. The third-order valence-corrected chi connectivity index (χ3v) is 8.87. The zero-order valence-corrected chi connectivity index (χ0v) is 22.0. The Morgan fingerprint density at radius 3 is 2.88 bits per heavy atom. The number of carbonyl (C=O) groups excluding carboxylic acids is 1. The van der Waals surface area contributed by atoms with E-state index in [4.69, 9.17) is 4.98 Å². The molecule has 2 amide bonds. The van der Waals surface area contributed by atoms with Crippen molar-refractivity contribution >= 4 is 65.8 Å². The molecule has 33 heavy (non-hydrogen) atoms. The second-order valence-electron chi connectivity index (χ2n) is 8.24. The highest BCUT2D eigenvalue weighted by molar-refractivity contribution is 9.10. The van der Waals surface area contributed by atoms with Crippen LogP contribution in [-0.2, 0) is 11.2 Å². The van der Waals surface area contributed by atoms with Gasteiger partial charge in [-0.05, 0) is 50.5 Å². The van der Waals surface area contributed by atoms with E-state index in [0.717, 1.165) is 47.1 Å². The molecule has 0 spiro atoms. The number of carboxylic acid groups (broad SMARTS) is 1. The molecule has 1 aromatic carbocycles. The molecule has 1 aliphatic rings. The number of fused-ring (bicyclic) bond motifs is 2. The maximum atomic E-state index is 12.8. The van der Waals surface area contributed by atoms with Crippen LogP contribution in [0.5, 0.6) is 0 Å². The molecule has 3 aromatic rings. The number of anilines is 1. The lowest BCUT2D eigenvalue weighted by atomic mass is 9.98. The van der Waals surface area contributed by atoms with Crippen LogP contribution in [0.2, 0.25) is 0 Å². The van der Waals surface area contributed by atoms with Gasteiger partial charge in [-0.1, -0.05) is 22.9 Å². The Kier molecular flexibility index (Phi) is 7.37. The van der Waals surface area contributed by atoms with E-state index in [-0.39, 0.29) is 11.9 Å². The zero-order chi connectivity index (χ0) is 23.7. The quantitative estimate of drug-likeness (QED) is 0.330. The largest absolute Gasteiger partial charge is 0.465 e. The minimum absolute atomic E-state index is 0.0581. The maximum absolute atomic E-state index is 12.8. The van der Waals surface area contributed by atoms with Crippen molar-refractivity contribution in [2.24, 2.45) is 0 Å². The first-order valence-corrected chi connectivity index (χ1v) is 13.5. The number of rotatable bonds is 7. The van der Waals surface area contributed by atoms with Crippen LogP contribution in [0.25, 0.3) is 20.8 Å². The van der Waals surface area contributed by atoms with Gasteiger partial charge in [0.2, 0.25) is 5.91 Å². The number of carbonyl (C=O) groups is 2. The second kappa shape index (κ2) is 10.1. The molecule has 0 aliphatic carbocycles. The van der Waals surface area contributed by atoms with E-state index in [9.17, 15) is 14.7 Å². The van der Waals surface area contributed by atoms with Gasteiger partial charge < -0.3 is 20.6 Å². The molecule has 0 saturated heterocycles. The summed E-state index contributed by atoms with van der Waals surface area (Å²) in [6.07, 6.45) is 1.06. The van der Waals surface area contributed by atoms with Gasteiger partial charge in [-0.15, -0.1) is 22.7 Å². The van der Waals surface area contributed by atoms with Crippen molar-refractivity contribution < 1.29 is 14.7 Å². The molecule has 3 N–H and O–H groups in total. The Hall–Kier alpha value is -2.01. The predicted molar refractivity (Wildman–Crippen MR) is 138 cm³/mol. The monoisotopic (exact) mass is 550 g/mol. The van der Waals surface area contributed by atoms with Crippen LogP contribution >= 0.6 is 38.6 Å². The first kappa shape index (κ1) is 24.1. The van der Waals surface area contributed by atoms with Crippen molar-refractivity contribution in [3.63, 3.8) is 0 Å². The number of hydrogen-bond acceptors (Lipinski definition) is 6. The summed E-state index contributed by atoms with van der Waals surface area (Å²) in [4.78, 5) is 31.8. The van der Waals surface area contributed by atoms with E-state index in [2.05, 4.69) is 40.4 Å². The van der Waals surface area contributed by atoms with Gasteiger partial charge in [-0.25, -0.2) is 9.78 Å². The van der Waals surface area contributed by atoms with Gasteiger partial charge in [-0.3, -0.25) is 4.79 Å². The van der Waals surface area contributed by atoms with Gasteiger partial charge in [0.25, 0.3) is 0 Å². The van der Waals surface area contributed by atoms with Crippen molar-refractivity contribution in [2.45, 2.75) is 52.1 Å². The molecule has 2 atom stereocenters. The molecule has 10 heteroatoms. The highest BCUT2D eigenvalue weighted by Crippen LogP contribution is 2.48. The Labute approximate surface area is 209 Å². The van der Waals surface area contributed by atoms with E-state index < -0.39 is 6.09 Å². The highest BCUT2D eigenvalue weighted by atomic mass is 79.9. The Morgan fingerprint density at radius 2 is 2.15 bits per heavy atom. The first-order valence-electron chi connectivity index (χ1n) is 11.0. The number of nitrogens with zero attached hydrogens (tertiary/aromatic N) is 2. The summed E-state index contributed by atoms with van der Waals surface area (Å²) in [5.41, 5.74) is 2.93. The standard InChI is InChI=1S/C23H27BrN4O3S2/c1-4-12(2)25-9-7-18(29)27-22-19(21-26-16-11-14(24)5-6-17(16)32-21)15-8-10-28(23(30)31)13(3)20(15)33-22/h5-6,11-13,25H,4,7-10H2,1-3H3,(H,27,29)(H,30,31)/t12-,13+/m0/s1. The first-order chi connectivity index (χ1) is 15.8. The number of nitrogens with one attached hydrogen (secondary N) is 2. The molecule has 0 radical (unpaired) electrons. The molecular formula is C23H27BrN4O3S2. The third kappa shape index (κ3) is 5.08. The summed E-state index contributed by atoms with van der Waals surface area (Å²) >= 11 is 6.57. The predicted octanol–water partition coefficient (Wildman–Crippen LogP) is 6.10. The van der Waals surface area contributed by atoms with E-state index in [0.29, 0.717) is 32.0 Å². The van der Waals surface area contributed by atoms with Crippen LogP contribution in [0.1, 0.15) is 50.1 Å². The van der Waals surface area contributed by atoms with E-state index in [1.165, 1.54) is 16.2 Å². The number of hydrogen-bond donors (Lipinski definition) is 3. The molecule has 0 bridgehead atoms.